The second-order valence-corrected chi connectivity index (χ2v) is 7.88. The predicted octanol–water partition coefficient (Wildman–Crippen LogP) is 0.860. The van der Waals surface area contributed by atoms with Gasteiger partial charge < -0.3 is 14.8 Å². The maximum absolute atomic E-state index is 12.6. The summed E-state index contributed by atoms with van der Waals surface area (Å²) in [6.07, 6.45) is 0.692. The van der Waals surface area contributed by atoms with Gasteiger partial charge in [0.2, 0.25) is 10.0 Å². The summed E-state index contributed by atoms with van der Waals surface area (Å²) in [4.78, 5) is 1.20. The van der Waals surface area contributed by atoms with Crippen LogP contribution in [-0.4, -0.2) is 47.9 Å². The number of methoxy groups -OCH3 is 1. The summed E-state index contributed by atoms with van der Waals surface area (Å²) < 4.78 is 38.7. The summed E-state index contributed by atoms with van der Waals surface area (Å²) in [5.41, 5.74) is 0.215. The largest absolute Gasteiger partial charge is 0.378 e. The third kappa shape index (κ3) is 3.64. The molecule has 0 radical (unpaired) electrons. The van der Waals surface area contributed by atoms with Gasteiger partial charge in [-0.15, -0.1) is 11.3 Å². The molecule has 0 amide bonds. The van der Waals surface area contributed by atoms with E-state index in [1.807, 2.05) is 12.3 Å². The molecule has 1 atom stereocenters. The van der Waals surface area contributed by atoms with Gasteiger partial charge in [-0.3, -0.25) is 0 Å². The van der Waals surface area contributed by atoms with Crippen LogP contribution in [0.2, 0.25) is 0 Å². The van der Waals surface area contributed by atoms with Crippen molar-refractivity contribution < 1.29 is 17.9 Å². The molecule has 2 heterocycles. The van der Waals surface area contributed by atoms with Crippen LogP contribution in [0.1, 0.15) is 16.9 Å². The molecule has 0 aliphatic carbocycles. The van der Waals surface area contributed by atoms with Crippen LogP contribution in [0.5, 0.6) is 0 Å². The van der Waals surface area contributed by atoms with Crippen LogP contribution < -0.4 is 10.0 Å². The number of ether oxygens (including phenoxy) is 2. The van der Waals surface area contributed by atoms with Gasteiger partial charge in [-0.25, -0.2) is 13.1 Å². The zero-order valence-corrected chi connectivity index (χ0v) is 14.2. The lowest BCUT2D eigenvalue weighted by atomic mass is 10.0. The normalized spacial score (nSPS) is 22.8. The van der Waals surface area contributed by atoms with Crippen LogP contribution in [0, 0.1) is 6.92 Å². The van der Waals surface area contributed by atoms with E-state index < -0.39 is 15.6 Å². The first kappa shape index (κ1) is 16.9. The lowest BCUT2D eigenvalue weighted by Gasteiger charge is -2.25. The molecule has 1 aliphatic heterocycles. The van der Waals surface area contributed by atoms with Gasteiger partial charge in [-0.1, -0.05) is 0 Å². The number of sulfonamides is 1. The number of rotatable bonds is 7. The highest BCUT2D eigenvalue weighted by molar-refractivity contribution is 7.89. The second-order valence-electron chi connectivity index (χ2n) is 5.22. The fourth-order valence-electron chi connectivity index (χ4n) is 2.39. The minimum absolute atomic E-state index is 0.222. The van der Waals surface area contributed by atoms with Crippen molar-refractivity contribution >= 4 is 21.4 Å². The minimum Gasteiger partial charge on any atom is -0.378 e. The summed E-state index contributed by atoms with van der Waals surface area (Å²) in [7, 11) is -0.162. The molecule has 0 aromatic carbocycles. The van der Waals surface area contributed by atoms with Gasteiger partial charge >= 0.3 is 0 Å². The van der Waals surface area contributed by atoms with Gasteiger partial charge in [0.25, 0.3) is 0 Å². The van der Waals surface area contributed by atoms with Crippen LogP contribution in [0.3, 0.4) is 0 Å². The van der Waals surface area contributed by atoms with Gasteiger partial charge in [0.05, 0.1) is 6.61 Å². The van der Waals surface area contributed by atoms with Gasteiger partial charge in [-0.2, -0.15) is 0 Å². The highest BCUT2D eigenvalue weighted by Gasteiger charge is 2.36. The smallest absolute Gasteiger partial charge is 0.242 e. The fourth-order valence-corrected chi connectivity index (χ4v) is 5.32. The van der Waals surface area contributed by atoms with E-state index in [1.165, 1.54) is 11.3 Å². The Morgan fingerprint density at radius 1 is 1.52 bits per heavy atom. The van der Waals surface area contributed by atoms with Crippen LogP contribution in [0.15, 0.2) is 10.3 Å². The van der Waals surface area contributed by atoms with Crippen molar-refractivity contribution in [2.24, 2.45) is 0 Å². The van der Waals surface area contributed by atoms with Crippen molar-refractivity contribution in [3.05, 3.63) is 15.8 Å². The first-order valence-corrected chi connectivity index (χ1v) is 9.14. The van der Waals surface area contributed by atoms with Crippen molar-refractivity contribution in [1.29, 1.82) is 0 Å². The first-order chi connectivity index (χ1) is 9.94. The molecule has 1 aromatic heterocycles. The number of hydrogen-bond acceptors (Lipinski definition) is 6. The fraction of sp³-hybridized carbons (Fsp3) is 0.692. The Balaban J connectivity index is 2.17. The molecule has 0 spiro atoms. The average molecular weight is 334 g/mol. The summed E-state index contributed by atoms with van der Waals surface area (Å²) >= 11 is 1.45. The summed E-state index contributed by atoms with van der Waals surface area (Å²) in [6, 6.07) is 0. The Bertz CT molecular complexity index is 577. The molecule has 1 aliphatic rings. The maximum Gasteiger partial charge on any atom is 0.242 e. The maximum atomic E-state index is 12.6. The monoisotopic (exact) mass is 334 g/mol. The number of thiophene rings is 1. The van der Waals surface area contributed by atoms with Gasteiger partial charge in [0, 0.05) is 38.1 Å². The van der Waals surface area contributed by atoms with Gasteiger partial charge in [0.1, 0.15) is 10.5 Å². The number of aryl methyl sites for hydroxylation is 1. The molecule has 21 heavy (non-hydrogen) atoms. The van der Waals surface area contributed by atoms with E-state index in [4.69, 9.17) is 9.47 Å². The molecule has 1 saturated heterocycles. The lowest BCUT2D eigenvalue weighted by molar-refractivity contribution is -0.0120. The molecule has 6 nitrogen and oxygen atoms in total. The molecule has 0 saturated carbocycles. The van der Waals surface area contributed by atoms with E-state index in [9.17, 15) is 8.42 Å². The molecule has 120 valence electrons. The van der Waals surface area contributed by atoms with Crippen LogP contribution >= 0.6 is 11.3 Å². The van der Waals surface area contributed by atoms with E-state index in [-0.39, 0.29) is 6.54 Å². The van der Waals surface area contributed by atoms with Crippen LogP contribution in [-0.2, 0) is 26.0 Å². The Labute approximate surface area is 129 Å². The zero-order valence-electron chi connectivity index (χ0n) is 12.6. The SMILES string of the molecule is CNCc1scc(C)c1S(=O)(=O)NCC1(OC)CCOC1. The molecular formula is C13H22N2O4S2. The molecule has 0 bridgehead atoms. The third-order valence-corrected chi connectivity index (χ3v) is 6.54. The highest BCUT2D eigenvalue weighted by atomic mass is 32.2. The number of hydrogen-bond donors (Lipinski definition) is 2. The Kier molecular flexibility index (Phi) is 5.39. The molecule has 1 unspecified atom stereocenters. The quantitative estimate of drug-likeness (QED) is 0.773. The Morgan fingerprint density at radius 2 is 2.29 bits per heavy atom. The summed E-state index contributed by atoms with van der Waals surface area (Å²) in [6.45, 7) is 3.58. The standard InChI is InChI=1S/C13H22N2O4S2/c1-10-7-20-11(6-14-2)12(10)21(16,17)15-8-13(18-3)4-5-19-9-13/h7,14-15H,4-6,8-9H2,1-3H3. The first-order valence-electron chi connectivity index (χ1n) is 6.78. The van der Waals surface area contributed by atoms with E-state index in [1.54, 1.807) is 14.2 Å². The van der Waals surface area contributed by atoms with E-state index in [0.29, 0.717) is 31.1 Å². The minimum atomic E-state index is -3.55. The Morgan fingerprint density at radius 3 is 2.86 bits per heavy atom. The zero-order chi connectivity index (χ0) is 15.5. The third-order valence-electron chi connectivity index (χ3n) is 3.68. The highest BCUT2D eigenvalue weighted by Crippen LogP contribution is 2.28. The molecule has 1 fully saturated rings. The van der Waals surface area contributed by atoms with Crippen molar-refractivity contribution in [2.75, 3.05) is 33.9 Å². The van der Waals surface area contributed by atoms with Crippen molar-refractivity contribution in [3.8, 4) is 0 Å². The topological polar surface area (TPSA) is 76.7 Å². The summed E-state index contributed by atoms with van der Waals surface area (Å²) in [5.74, 6) is 0. The van der Waals surface area contributed by atoms with Crippen LogP contribution in [0.25, 0.3) is 0 Å². The van der Waals surface area contributed by atoms with E-state index in [0.717, 1.165) is 10.4 Å². The average Bonchev–Trinajstić information content (AvgIpc) is 3.05. The van der Waals surface area contributed by atoms with Gasteiger partial charge in [-0.05, 0) is 24.9 Å². The predicted molar refractivity (Wildman–Crippen MR) is 82.2 cm³/mol. The number of nitrogens with one attached hydrogen (secondary N) is 2. The summed E-state index contributed by atoms with van der Waals surface area (Å²) in [5, 5.41) is 4.87. The van der Waals surface area contributed by atoms with E-state index >= 15 is 0 Å². The van der Waals surface area contributed by atoms with Gasteiger partial charge in [0.15, 0.2) is 0 Å². The molecule has 1 aromatic rings. The van der Waals surface area contributed by atoms with Crippen molar-refractivity contribution in [2.45, 2.75) is 30.4 Å². The molecule has 8 heteroatoms. The van der Waals surface area contributed by atoms with Crippen molar-refractivity contribution in [3.63, 3.8) is 0 Å². The molecule has 2 N–H and O–H groups in total. The van der Waals surface area contributed by atoms with Crippen LogP contribution in [0.4, 0.5) is 0 Å². The molecule has 2 rings (SSSR count). The van der Waals surface area contributed by atoms with E-state index in [2.05, 4.69) is 10.0 Å². The second kappa shape index (κ2) is 6.72. The lowest BCUT2D eigenvalue weighted by Crippen LogP contribution is -2.45. The van der Waals surface area contributed by atoms with Crippen molar-refractivity contribution in [1.82, 2.24) is 10.0 Å². The molecular weight excluding hydrogens is 312 g/mol. The Hall–Kier alpha value is -0.510.